The van der Waals surface area contributed by atoms with Crippen molar-refractivity contribution in [3.8, 4) is 45.3 Å². The van der Waals surface area contributed by atoms with Gasteiger partial charge >= 0.3 is 0 Å². The van der Waals surface area contributed by atoms with E-state index < -0.39 is 0 Å². The summed E-state index contributed by atoms with van der Waals surface area (Å²) in [6, 6.07) is 56.4. The summed E-state index contributed by atoms with van der Waals surface area (Å²) in [7, 11) is 0. The molecule has 4 heteroatoms. The maximum Gasteiger partial charge on any atom is 0.235 e. The van der Waals surface area contributed by atoms with Gasteiger partial charge in [0, 0.05) is 43.9 Å². The lowest BCUT2D eigenvalue weighted by Gasteiger charge is -2.14. The minimum atomic E-state index is 0.674. The quantitative estimate of drug-likeness (QED) is 0.199. The third-order valence-electron chi connectivity index (χ3n) is 10.1. The summed E-state index contributed by atoms with van der Waals surface area (Å²) < 4.78 is 4.63. The third-order valence-corrected chi connectivity index (χ3v) is 10.1. The van der Waals surface area contributed by atoms with Crippen LogP contribution in [0.4, 0.5) is 0 Å². The second-order valence-electron chi connectivity index (χ2n) is 12.6. The van der Waals surface area contributed by atoms with Crippen LogP contribution in [0.3, 0.4) is 0 Å². The summed E-state index contributed by atoms with van der Waals surface area (Å²) in [6.45, 7) is 0. The van der Waals surface area contributed by atoms with Gasteiger partial charge in [-0.05, 0) is 52.7 Å². The zero-order valence-electron chi connectivity index (χ0n) is 25.8. The molecule has 3 heterocycles. The Labute approximate surface area is 275 Å². The number of para-hydroxylation sites is 3. The van der Waals surface area contributed by atoms with Gasteiger partial charge in [-0.1, -0.05) is 121 Å². The van der Waals surface area contributed by atoms with Crippen molar-refractivity contribution in [3.05, 3.63) is 158 Å². The van der Waals surface area contributed by atoms with E-state index in [0.29, 0.717) is 5.95 Å². The van der Waals surface area contributed by atoms with E-state index in [1.54, 1.807) is 0 Å². The molecule has 48 heavy (non-hydrogen) atoms. The van der Waals surface area contributed by atoms with Crippen LogP contribution < -0.4 is 0 Å². The van der Waals surface area contributed by atoms with Gasteiger partial charge in [0.1, 0.15) is 0 Å². The summed E-state index contributed by atoms with van der Waals surface area (Å²) in [5, 5.41) is 7.32. The summed E-state index contributed by atoms with van der Waals surface area (Å²) in [5.74, 6) is 0.674. The molecule has 0 aliphatic heterocycles. The van der Waals surface area contributed by atoms with E-state index in [9.17, 15) is 0 Å². The first-order valence-corrected chi connectivity index (χ1v) is 16.4. The van der Waals surface area contributed by atoms with Gasteiger partial charge in [0.25, 0.3) is 0 Å². The lowest BCUT2D eigenvalue weighted by molar-refractivity contribution is 0.999. The molecule has 3 aromatic heterocycles. The maximum absolute atomic E-state index is 5.43. The highest BCUT2D eigenvalue weighted by atomic mass is 15.2. The van der Waals surface area contributed by atoms with Crippen molar-refractivity contribution in [2.45, 2.75) is 0 Å². The van der Waals surface area contributed by atoms with Gasteiger partial charge in [0.15, 0.2) is 0 Å². The largest absolute Gasteiger partial charge is 0.309 e. The third kappa shape index (κ3) is 3.38. The smallest absolute Gasteiger partial charge is 0.235 e. The molecule has 0 unspecified atom stereocenters. The predicted molar refractivity (Wildman–Crippen MR) is 198 cm³/mol. The molecule has 0 amide bonds. The van der Waals surface area contributed by atoms with Gasteiger partial charge in [-0.25, -0.2) is 9.97 Å². The molecule has 11 rings (SSSR count). The zero-order chi connectivity index (χ0) is 31.3. The molecule has 1 aliphatic rings. The van der Waals surface area contributed by atoms with Crippen molar-refractivity contribution in [1.29, 1.82) is 0 Å². The van der Waals surface area contributed by atoms with Crippen LogP contribution in [-0.4, -0.2) is 19.1 Å². The van der Waals surface area contributed by atoms with E-state index in [2.05, 4.69) is 167 Å². The number of nitrogens with zero attached hydrogens (tertiary/aromatic N) is 4. The van der Waals surface area contributed by atoms with Crippen LogP contribution in [0.15, 0.2) is 158 Å². The van der Waals surface area contributed by atoms with Crippen molar-refractivity contribution in [2.75, 3.05) is 0 Å². The van der Waals surface area contributed by atoms with E-state index in [1.807, 2.05) is 0 Å². The first kappa shape index (κ1) is 25.6. The normalized spacial score (nSPS) is 12.2. The fourth-order valence-electron chi connectivity index (χ4n) is 8.07. The van der Waals surface area contributed by atoms with Crippen molar-refractivity contribution in [1.82, 2.24) is 19.1 Å². The minimum absolute atomic E-state index is 0.674. The number of aromatic nitrogens is 4. The van der Waals surface area contributed by atoms with E-state index in [1.165, 1.54) is 48.9 Å². The first-order chi connectivity index (χ1) is 23.8. The Morgan fingerprint density at radius 3 is 1.67 bits per heavy atom. The fraction of sp³-hybridized carbons (Fsp3) is 0. The molecule has 0 atom stereocenters. The summed E-state index contributed by atoms with van der Waals surface area (Å²) >= 11 is 0. The van der Waals surface area contributed by atoms with E-state index >= 15 is 0 Å². The van der Waals surface area contributed by atoms with Crippen molar-refractivity contribution < 1.29 is 0 Å². The summed E-state index contributed by atoms with van der Waals surface area (Å²) in [4.78, 5) is 10.9. The molecule has 0 saturated carbocycles. The van der Waals surface area contributed by atoms with Gasteiger partial charge in [-0.2, -0.15) is 0 Å². The first-order valence-electron chi connectivity index (χ1n) is 16.4. The molecule has 1 aliphatic carbocycles. The number of rotatable bonds is 3. The van der Waals surface area contributed by atoms with Crippen LogP contribution in [0, 0.1) is 0 Å². The van der Waals surface area contributed by atoms with Gasteiger partial charge in [0.05, 0.1) is 33.5 Å². The molecule has 0 N–H and O–H groups in total. The van der Waals surface area contributed by atoms with Gasteiger partial charge in [-0.15, -0.1) is 0 Å². The fourth-order valence-corrected chi connectivity index (χ4v) is 8.07. The number of hydrogen-bond acceptors (Lipinski definition) is 2. The lowest BCUT2D eigenvalue weighted by atomic mass is 10.00. The number of hydrogen-bond donors (Lipinski definition) is 0. The topological polar surface area (TPSA) is 35.6 Å². The van der Waals surface area contributed by atoms with Gasteiger partial charge in [0.2, 0.25) is 5.95 Å². The molecule has 222 valence electrons. The van der Waals surface area contributed by atoms with Crippen LogP contribution >= 0.6 is 0 Å². The van der Waals surface area contributed by atoms with Crippen LogP contribution in [0.1, 0.15) is 0 Å². The SMILES string of the molecule is c1ccc(-c2nc(-n3c4ccccc4c4cc(-n5c6ccccc6c6ccccc65)ccc43)nc3c2-c2cccc4cccc-3c24)cc1. The Kier molecular flexibility index (Phi) is 5.08. The van der Waals surface area contributed by atoms with Crippen LogP contribution in [0.25, 0.3) is 99.7 Å². The van der Waals surface area contributed by atoms with Crippen molar-refractivity contribution in [2.24, 2.45) is 0 Å². The summed E-state index contributed by atoms with van der Waals surface area (Å²) in [6.07, 6.45) is 0. The monoisotopic (exact) mass is 610 g/mol. The van der Waals surface area contributed by atoms with Crippen LogP contribution in [-0.2, 0) is 0 Å². The Morgan fingerprint density at radius 2 is 0.958 bits per heavy atom. The van der Waals surface area contributed by atoms with Crippen LogP contribution in [0.5, 0.6) is 0 Å². The maximum atomic E-state index is 5.43. The molecule has 10 aromatic rings. The Bertz CT molecular complexity index is 2890. The Morgan fingerprint density at radius 1 is 0.396 bits per heavy atom. The highest BCUT2D eigenvalue weighted by Gasteiger charge is 2.29. The Hall–Kier alpha value is -6.52. The minimum Gasteiger partial charge on any atom is -0.309 e. The van der Waals surface area contributed by atoms with Gasteiger partial charge in [-0.3, -0.25) is 4.57 Å². The molecule has 7 aromatic carbocycles. The molecule has 0 saturated heterocycles. The molecule has 4 nitrogen and oxygen atoms in total. The highest BCUT2D eigenvalue weighted by Crippen LogP contribution is 2.50. The average molecular weight is 611 g/mol. The van der Waals surface area contributed by atoms with E-state index in [4.69, 9.17) is 9.97 Å². The predicted octanol–water partition coefficient (Wildman–Crippen LogP) is 11.1. The zero-order valence-corrected chi connectivity index (χ0v) is 25.8. The number of benzene rings is 7. The van der Waals surface area contributed by atoms with E-state index in [0.717, 1.165) is 44.8 Å². The standard InChI is InChI=1S/C44H26N4/c1-2-12-28(13-3-1)42-41-33-19-10-14-27-15-11-20-34(40(27)33)43(41)46-44(45-42)48-38-23-9-6-18-32(38)35-26-29(24-25-39(35)48)47-36-21-7-4-16-30(36)31-17-5-8-22-37(31)47/h1-26H. The van der Waals surface area contributed by atoms with Gasteiger partial charge < -0.3 is 4.57 Å². The molecular formula is C44H26N4. The van der Waals surface area contributed by atoms with Crippen molar-refractivity contribution in [3.63, 3.8) is 0 Å². The Balaban J connectivity index is 1.21. The molecule has 0 bridgehead atoms. The lowest BCUT2D eigenvalue weighted by Crippen LogP contribution is -2.05. The van der Waals surface area contributed by atoms with Crippen molar-refractivity contribution >= 4 is 54.4 Å². The number of fused-ring (bicyclic) bond motifs is 9. The second kappa shape index (κ2) is 9.50. The van der Waals surface area contributed by atoms with Crippen LogP contribution in [0.2, 0.25) is 0 Å². The second-order valence-corrected chi connectivity index (χ2v) is 12.6. The van der Waals surface area contributed by atoms with E-state index in [-0.39, 0.29) is 0 Å². The summed E-state index contributed by atoms with van der Waals surface area (Å²) in [5.41, 5.74) is 12.2. The molecule has 0 radical (unpaired) electrons. The highest BCUT2D eigenvalue weighted by molar-refractivity contribution is 6.17. The molecular weight excluding hydrogens is 585 g/mol. The molecule has 0 fully saturated rings. The molecule has 0 spiro atoms. The average Bonchev–Trinajstić information content (AvgIpc) is 3.78.